The van der Waals surface area contributed by atoms with Crippen LogP contribution in [0.5, 0.6) is 0 Å². The molecule has 126 valence electrons. The first kappa shape index (κ1) is 16.0. The molecule has 0 saturated carbocycles. The van der Waals surface area contributed by atoms with Crippen molar-refractivity contribution in [2.24, 2.45) is 5.41 Å². The van der Waals surface area contributed by atoms with Gasteiger partial charge in [0.1, 0.15) is 0 Å². The Bertz CT molecular complexity index is 782. The largest absolute Gasteiger partial charge is 0.357 e. The van der Waals surface area contributed by atoms with E-state index in [4.69, 9.17) is 0 Å². The highest BCUT2D eigenvalue weighted by Crippen LogP contribution is 2.57. The molecular weight excluding hydrogens is 302 g/mol. The second-order valence-electron chi connectivity index (χ2n) is 7.56. The molecule has 0 radical (unpaired) electrons. The fourth-order valence-corrected chi connectivity index (χ4v) is 4.65. The number of nitrogens with zero attached hydrogens (tertiary/aromatic N) is 1. The molecule has 1 aliphatic heterocycles. The molecule has 0 aromatic heterocycles. The van der Waals surface area contributed by atoms with E-state index < -0.39 is 0 Å². The van der Waals surface area contributed by atoms with E-state index in [0.717, 1.165) is 13.0 Å². The summed E-state index contributed by atoms with van der Waals surface area (Å²) in [6.07, 6.45) is 1.16. The maximum absolute atomic E-state index is 2.61. The normalized spacial score (nSPS) is 18.2. The Morgan fingerprint density at radius 1 is 0.640 bits per heavy atom. The first-order chi connectivity index (χ1) is 12.2. The zero-order valence-electron chi connectivity index (χ0n) is 15.0. The Kier molecular flexibility index (Phi) is 3.88. The lowest BCUT2D eigenvalue weighted by molar-refractivity contribution is 0.249. The van der Waals surface area contributed by atoms with Crippen molar-refractivity contribution in [1.29, 1.82) is 0 Å². The zero-order valence-corrected chi connectivity index (χ0v) is 15.0. The lowest BCUT2D eigenvalue weighted by atomic mass is 9.65. The highest BCUT2D eigenvalue weighted by atomic mass is 15.2. The predicted molar refractivity (Wildman–Crippen MR) is 106 cm³/mol. The van der Waals surface area contributed by atoms with E-state index in [0.29, 0.717) is 0 Å². The van der Waals surface area contributed by atoms with Gasteiger partial charge in [-0.25, -0.2) is 0 Å². The second kappa shape index (κ2) is 6.07. The Labute approximate surface area is 150 Å². The SMILES string of the molecule is CC1(C)CCN(c2ccccc2)C1(c1ccccc1)c1ccccc1. The molecule has 4 rings (SSSR count). The average Bonchev–Trinajstić information content (AvgIpc) is 2.95. The van der Waals surface area contributed by atoms with Crippen LogP contribution in [0.15, 0.2) is 91.0 Å². The van der Waals surface area contributed by atoms with Gasteiger partial charge in [0.15, 0.2) is 0 Å². The van der Waals surface area contributed by atoms with Crippen LogP contribution in [0.1, 0.15) is 31.4 Å². The average molecular weight is 327 g/mol. The lowest BCUT2D eigenvalue weighted by Gasteiger charge is -2.49. The highest BCUT2D eigenvalue weighted by Gasteiger charge is 2.56. The first-order valence-electron chi connectivity index (χ1n) is 9.10. The molecule has 1 nitrogen and oxygen atoms in total. The minimum Gasteiger partial charge on any atom is -0.357 e. The topological polar surface area (TPSA) is 3.24 Å². The van der Waals surface area contributed by atoms with E-state index in [1.54, 1.807) is 0 Å². The van der Waals surface area contributed by atoms with Gasteiger partial charge in [0.05, 0.1) is 5.54 Å². The number of benzene rings is 3. The highest BCUT2D eigenvalue weighted by molar-refractivity contribution is 5.59. The van der Waals surface area contributed by atoms with Gasteiger partial charge >= 0.3 is 0 Å². The summed E-state index contributed by atoms with van der Waals surface area (Å²) in [5, 5.41) is 0. The molecule has 0 amide bonds. The van der Waals surface area contributed by atoms with Crippen LogP contribution in [0.25, 0.3) is 0 Å². The number of para-hydroxylation sites is 1. The van der Waals surface area contributed by atoms with Crippen molar-refractivity contribution < 1.29 is 0 Å². The maximum Gasteiger partial charge on any atom is 0.0957 e. The maximum atomic E-state index is 2.61. The summed E-state index contributed by atoms with van der Waals surface area (Å²) in [6, 6.07) is 32.9. The third kappa shape index (κ3) is 2.38. The number of rotatable bonds is 3. The van der Waals surface area contributed by atoms with Gasteiger partial charge in [-0.1, -0.05) is 92.7 Å². The van der Waals surface area contributed by atoms with E-state index in [2.05, 4.69) is 110 Å². The summed E-state index contributed by atoms with van der Waals surface area (Å²) in [5.74, 6) is 0. The predicted octanol–water partition coefficient (Wildman–Crippen LogP) is 5.87. The molecule has 0 N–H and O–H groups in total. The zero-order chi connectivity index (χ0) is 17.3. The third-order valence-electron chi connectivity index (χ3n) is 5.80. The molecule has 1 heterocycles. The number of hydrogen-bond donors (Lipinski definition) is 0. The first-order valence-corrected chi connectivity index (χ1v) is 9.10. The Balaban J connectivity index is 2.03. The molecular formula is C24H25N. The second-order valence-corrected chi connectivity index (χ2v) is 7.56. The van der Waals surface area contributed by atoms with Crippen molar-refractivity contribution in [3.63, 3.8) is 0 Å². The lowest BCUT2D eigenvalue weighted by Crippen LogP contribution is -2.50. The van der Waals surface area contributed by atoms with Crippen LogP contribution in [0.3, 0.4) is 0 Å². The summed E-state index contributed by atoms with van der Waals surface area (Å²) in [7, 11) is 0. The van der Waals surface area contributed by atoms with E-state index in [1.807, 2.05) is 0 Å². The Morgan fingerprint density at radius 2 is 1.08 bits per heavy atom. The molecule has 1 heteroatoms. The molecule has 0 unspecified atom stereocenters. The van der Waals surface area contributed by atoms with Crippen LogP contribution in [0.2, 0.25) is 0 Å². The molecule has 3 aromatic rings. The Hall–Kier alpha value is -2.54. The fraction of sp³-hybridized carbons (Fsp3) is 0.250. The van der Waals surface area contributed by atoms with Crippen molar-refractivity contribution >= 4 is 5.69 Å². The van der Waals surface area contributed by atoms with Gasteiger partial charge in [0.25, 0.3) is 0 Å². The molecule has 1 fully saturated rings. The molecule has 0 spiro atoms. The summed E-state index contributed by atoms with van der Waals surface area (Å²) in [4.78, 5) is 2.61. The summed E-state index contributed by atoms with van der Waals surface area (Å²) in [6.45, 7) is 5.88. The van der Waals surface area contributed by atoms with Gasteiger partial charge in [-0.3, -0.25) is 0 Å². The van der Waals surface area contributed by atoms with Crippen LogP contribution in [-0.4, -0.2) is 6.54 Å². The van der Waals surface area contributed by atoms with Crippen molar-refractivity contribution in [2.45, 2.75) is 25.8 Å². The van der Waals surface area contributed by atoms with Gasteiger partial charge in [-0.2, -0.15) is 0 Å². The molecule has 1 saturated heterocycles. The van der Waals surface area contributed by atoms with Crippen LogP contribution in [0.4, 0.5) is 5.69 Å². The number of hydrogen-bond acceptors (Lipinski definition) is 1. The van der Waals surface area contributed by atoms with Crippen molar-refractivity contribution in [2.75, 3.05) is 11.4 Å². The van der Waals surface area contributed by atoms with Crippen LogP contribution >= 0.6 is 0 Å². The van der Waals surface area contributed by atoms with Crippen LogP contribution < -0.4 is 4.90 Å². The van der Waals surface area contributed by atoms with Gasteiger partial charge in [0.2, 0.25) is 0 Å². The summed E-state index contributed by atoms with van der Waals surface area (Å²) < 4.78 is 0. The summed E-state index contributed by atoms with van der Waals surface area (Å²) >= 11 is 0. The van der Waals surface area contributed by atoms with Crippen molar-refractivity contribution in [1.82, 2.24) is 0 Å². The third-order valence-corrected chi connectivity index (χ3v) is 5.80. The van der Waals surface area contributed by atoms with Gasteiger partial charge in [-0.05, 0) is 35.1 Å². The van der Waals surface area contributed by atoms with Crippen molar-refractivity contribution in [3.8, 4) is 0 Å². The molecule has 0 atom stereocenters. The minimum atomic E-state index is -0.170. The van der Waals surface area contributed by atoms with Crippen molar-refractivity contribution in [3.05, 3.63) is 102 Å². The van der Waals surface area contributed by atoms with E-state index in [9.17, 15) is 0 Å². The minimum absolute atomic E-state index is 0.117. The fourth-order valence-electron chi connectivity index (χ4n) is 4.65. The van der Waals surface area contributed by atoms with E-state index in [1.165, 1.54) is 16.8 Å². The van der Waals surface area contributed by atoms with Gasteiger partial charge < -0.3 is 4.90 Å². The van der Waals surface area contributed by atoms with Crippen LogP contribution in [-0.2, 0) is 5.54 Å². The molecule has 25 heavy (non-hydrogen) atoms. The smallest absolute Gasteiger partial charge is 0.0957 e. The monoisotopic (exact) mass is 327 g/mol. The Morgan fingerprint density at radius 3 is 1.56 bits per heavy atom. The standard InChI is InChI=1S/C24H25N/c1-23(2)18-19-25(22-16-10-5-11-17-22)24(23,20-12-6-3-7-13-20)21-14-8-4-9-15-21/h3-17H,18-19H2,1-2H3. The van der Waals surface area contributed by atoms with E-state index in [-0.39, 0.29) is 11.0 Å². The van der Waals surface area contributed by atoms with Crippen LogP contribution in [0, 0.1) is 5.41 Å². The summed E-state index contributed by atoms with van der Waals surface area (Å²) in [5.41, 5.74) is 3.98. The molecule has 1 aliphatic rings. The quantitative estimate of drug-likeness (QED) is 0.582. The molecule has 0 bridgehead atoms. The van der Waals surface area contributed by atoms with E-state index >= 15 is 0 Å². The number of anilines is 1. The molecule has 0 aliphatic carbocycles. The van der Waals surface area contributed by atoms with Gasteiger partial charge in [-0.15, -0.1) is 0 Å². The van der Waals surface area contributed by atoms with Gasteiger partial charge in [0, 0.05) is 12.2 Å². The molecule has 3 aromatic carbocycles.